The van der Waals surface area contributed by atoms with Gasteiger partial charge in [0.25, 0.3) is 0 Å². The van der Waals surface area contributed by atoms with Crippen LogP contribution in [0, 0.1) is 0 Å². The first-order valence-electron chi connectivity index (χ1n) is 6.11. The molecule has 1 aromatic rings. The molecule has 0 aliphatic heterocycles. The predicted octanol–water partition coefficient (Wildman–Crippen LogP) is 2.09. The maximum Gasteiger partial charge on any atom is 0.153 e. The van der Waals surface area contributed by atoms with Gasteiger partial charge in [-0.25, -0.2) is 8.42 Å². The third-order valence-corrected chi connectivity index (χ3v) is 4.40. The molecular formula is C13H19NO4S. The van der Waals surface area contributed by atoms with Crippen molar-refractivity contribution >= 4 is 15.5 Å². The highest BCUT2D eigenvalue weighted by atomic mass is 32.2. The number of rotatable bonds is 7. The summed E-state index contributed by atoms with van der Waals surface area (Å²) in [5.41, 5.74) is 1.21. The van der Waals surface area contributed by atoms with Crippen LogP contribution >= 0.6 is 0 Å². The van der Waals surface area contributed by atoms with Crippen molar-refractivity contribution < 1.29 is 18.4 Å². The molecule has 0 unspecified atom stereocenters. The van der Waals surface area contributed by atoms with Gasteiger partial charge in [-0.2, -0.15) is 0 Å². The largest absolute Gasteiger partial charge is 0.493 e. The van der Waals surface area contributed by atoms with Crippen molar-refractivity contribution in [2.24, 2.45) is 5.16 Å². The molecule has 0 spiro atoms. The van der Waals surface area contributed by atoms with Crippen LogP contribution in [0.3, 0.4) is 0 Å². The van der Waals surface area contributed by atoms with E-state index in [1.54, 1.807) is 31.2 Å². The number of ether oxygens (including phenoxy) is 1. The molecule has 0 aliphatic rings. The van der Waals surface area contributed by atoms with E-state index in [1.807, 2.05) is 6.92 Å². The summed E-state index contributed by atoms with van der Waals surface area (Å²) in [7, 11) is -3.02. The van der Waals surface area contributed by atoms with Crippen molar-refractivity contribution in [2.45, 2.75) is 20.3 Å². The molecule has 0 bridgehead atoms. The number of oxime groups is 1. The smallest absolute Gasteiger partial charge is 0.153 e. The van der Waals surface area contributed by atoms with Crippen LogP contribution in [0.5, 0.6) is 5.75 Å². The molecule has 106 valence electrons. The average molecular weight is 285 g/mol. The molecule has 0 saturated heterocycles. The second kappa shape index (κ2) is 7.13. The van der Waals surface area contributed by atoms with Crippen molar-refractivity contribution in [2.75, 3.05) is 18.1 Å². The monoisotopic (exact) mass is 285 g/mol. The van der Waals surface area contributed by atoms with Crippen LogP contribution in [0.2, 0.25) is 0 Å². The molecule has 0 heterocycles. The molecule has 0 amide bonds. The number of nitrogens with zero attached hydrogens (tertiary/aromatic N) is 1. The first kappa shape index (κ1) is 15.5. The van der Waals surface area contributed by atoms with E-state index in [1.165, 1.54) is 0 Å². The fourth-order valence-corrected chi connectivity index (χ4v) is 2.73. The van der Waals surface area contributed by atoms with Crippen LogP contribution in [0.1, 0.15) is 25.8 Å². The SMILES string of the molecule is CCCS(=O)(=O)CCOc1cccc(/C(C)=N/O)c1. The Hall–Kier alpha value is -1.56. The molecule has 1 N–H and O–H groups in total. The van der Waals surface area contributed by atoms with Crippen molar-refractivity contribution in [3.63, 3.8) is 0 Å². The molecule has 0 fully saturated rings. The lowest BCUT2D eigenvalue weighted by molar-refractivity contribution is 0.319. The Morgan fingerprint density at radius 2 is 2.11 bits per heavy atom. The lowest BCUT2D eigenvalue weighted by Gasteiger charge is -2.08. The van der Waals surface area contributed by atoms with Crippen molar-refractivity contribution in [1.29, 1.82) is 0 Å². The summed E-state index contributed by atoms with van der Waals surface area (Å²) >= 11 is 0. The third-order valence-electron chi connectivity index (χ3n) is 2.58. The lowest BCUT2D eigenvalue weighted by Crippen LogP contribution is -2.16. The van der Waals surface area contributed by atoms with Gasteiger partial charge in [0.1, 0.15) is 12.4 Å². The molecule has 0 saturated carbocycles. The molecule has 5 nitrogen and oxygen atoms in total. The molecule has 0 radical (unpaired) electrons. The van der Waals surface area contributed by atoms with E-state index in [4.69, 9.17) is 9.94 Å². The van der Waals surface area contributed by atoms with E-state index in [2.05, 4.69) is 5.16 Å². The maximum atomic E-state index is 11.5. The van der Waals surface area contributed by atoms with Gasteiger partial charge in [-0.1, -0.05) is 24.2 Å². The van der Waals surface area contributed by atoms with E-state index in [-0.39, 0.29) is 18.1 Å². The molecule has 0 aliphatic carbocycles. The van der Waals surface area contributed by atoms with Crippen LogP contribution in [0.25, 0.3) is 0 Å². The zero-order chi connectivity index (χ0) is 14.3. The fraction of sp³-hybridized carbons (Fsp3) is 0.462. The standard InChI is InChI=1S/C13H19NO4S/c1-3-8-19(16,17)9-7-18-13-6-4-5-12(10-13)11(2)14-15/h4-6,10,15H,3,7-9H2,1-2H3/b14-11+. The summed E-state index contributed by atoms with van der Waals surface area (Å²) in [6.07, 6.45) is 0.615. The number of hydrogen-bond acceptors (Lipinski definition) is 5. The Morgan fingerprint density at radius 3 is 2.74 bits per heavy atom. The summed E-state index contributed by atoms with van der Waals surface area (Å²) in [5, 5.41) is 11.8. The molecule has 19 heavy (non-hydrogen) atoms. The molecule has 0 atom stereocenters. The summed E-state index contributed by atoms with van der Waals surface area (Å²) in [5.74, 6) is 0.761. The number of hydrogen-bond donors (Lipinski definition) is 1. The number of sulfone groups is 1. The zero-order valence-electron chi connectivity index (χ0n) is 11.2. The van der Waals surface area contributed by atoms with Gasteiger partial charge in [0.2, 0.25) is 0 Å². The van der Waals surface area contributed by atoms with Gasteiger partial charge in [-0.05, 0) is 25.5 Å². The summed E-state index contributed by atoms with van der Waals surface area (Å²) in [4.78, 5) is 0. The Kier molecular flexibility index (Phi) is 5.82. The van der Waals surface area contributed by atoms with Crippen molar-refractivity contribution in [1.82, 2.24) is 0 Å². The molecular weight excluding hydrogens is 266 g/mol. The van der Waals surface area contributed by atoms with E-state index in [0.717, 1.165) is 5.56 Å². The molecule has 1 rings (SSSR count). The van der Waals surface area contributed by atoms with Gasteiger partial charge in [0, 0.05) is 5.56 Å². The highest BCUT2D eigenvalue weighted by Crippen LogP contribution is 2.14. The van der Waals surface area contributed by atoms with E-state index in [0.29, 0.717) is 17.9 Å². The van der Waals surface area contributed by atoms with E-state index < -0.39 is 9.84 Å². The second-order valence-electron chi connectivity index (χ2n) is 4.21. The summed E-state index contributed by atoms with van der Waals surface area (Å²) < 4.78 is 28.4. The molecule has 0 aromatic heterocycles. The first-order valence-corrected chi connectivity index (χ1v) is 7.93. The summed E-state index contributed by atoms with van der Waals surface area (Å²) in [6.45, 7) is 3.63. The van der Waals surface area contributed by atoms with Crippen LogP contribution in [0.15, 0.2) is 29.4 Å². The zero-order valence-corrected chi connectivity index (χ0v) is 12.0. The van der Waals surface area contributed by atoms with Crippen LogP contribution in [-0.2, 0) is 9.84 Å². The Labute approximate surface area is 113 Å². The van der Waals surface area contributed by atoms with Gasteiger partial charge in [-0.15, -0.1) is 0 Å². The quantitative estimate of drug-likeness (QED) is 0.473. The minimum Gasteiger partial charge on any atom is -0.493 e. The third kappa shape index (κ3) is 5.30. The van der Waals surface area contributed by atoms with Gasteiger partial charge >= 0.3 is 0 Å². The van der Waals surface area contributed by atoms with Gasteiger partial charge in [-0.3, -0.25) is 0 Å². The minimum absolute atomic E-state index is 0.0120. The predicted molar refractivity (Wildman–Crippen MR) is 74.9 cm³/mol. The summed E-state index contributed by atoms with van der Waals surface area (Å²) in [6, 6.07) is 7.00. The van der Waals surface area contributed by atoms with Gasteiger partial charge in [0.15, 0.2) is 9.84 Å². The lowest BCUT2D eigenvalue weighted by atomic mass is 10.1. The van der Waals surface area contributed by atoms with Crippen LogP contribution in [-0.4, -0.2) is 37.4 Å². The highest BCUT2D eigenvalue weighted by molar-refractivity contribution is 7.91. The normalized spacial score (nSPS) is 12.4. The Bertz CT molecular complexity index is 537. The topological polar surface area (TPSA) is 76.0 Å². The Balaban J connectivity index is 2.59. The van der Waals surface area contributed by atoms with Crippen LogP contribution < -0.4 is 4.74 Å². The van der Waals surface area contributed by atoms with Gasteiger partial charge < -0.3 is 9.94 Å². The first-order chi connectivity index (χ1) is 8.98. The maximum absolute atomic E-state index is 11.5. The highest BCUT2D eigenvalue weighted by Gasteiger charge is 2.09. The number of benzene rings is 1. The average Bonchev–Trinajstić information content (AvgIpc) is 2.38. The Morgan fingerprint density at radius 1 is 1.37 bits per heavy atom. The second-order valence-corrected chi connectivity index (χ2v) is 6.52. The van der Waals surface area contributed by atoms with Gasteiger partial charge in [0.05, 0.1) is 17.2 Å². The van der Waals surface area contributed by atoms with E-state index in [9.17, 15) is 8.42 Å². The van der Waals surface area contributed by atoms with Crippen molar-refractivity contribution in [3.8, 4) is 5.75 Å². The van der Waals surface area contributed by atoms with Crippen molar-refractivity contribution in [3.05, 3.63) is 29.8 Å². The molecule has 1 aromatic carbocycles. The van der Waals surface area contributed by atoms with E-state index >= 15 is 0 Å². The fourth-order valence-electron chi connectivity index (χ4n) is 1.57. The minimum atomic E-state index is -3.02. The van der Waals surface area contributed by atoms with Crippen LogP contribution in [0.4, 0.5) is 0 Å². The molecule has 6 heteroatoms.